The highest BCUT2D eigenvalue weighted by Gasteiger charge is 2.29. The number of rotatable bonds is 5. The van der Waals surface area contributed by atoms with Gasteiger partial charge in [0.25, 0.3) is 5.91 Å². The lowest BCUT2D eigenvalue weighted by Crippen LogP contribution is -2.38. The fourth-order valence-corrected chi connectivity index (χ4v) is 2.68. The maximum absolute atomic E-state index is 12.6. The van der Waals surface area contributed by atoms with Gasteiger partial charge in [-0.2, -0.15) is 13.2 Å². The average molecular weight is 430 g/mol. The molecule has 0 saturated carbocycles. The van der Waals surface area contributed by atoms with Gasteiger partial charge in [0.15, 0.2) is 5.96 Å². The zero-order valence-corrected chi connectivity index (χ0v) is 17.7. The summed E-state index contributed by atoms with van der Waals surface area (Å²) in [4.78, 5) is 17.7. The molecule has 0 aliphatic carbocycles. The molecule has 2 rings (SSSR count). The van der Waals surface area contributed by atoms with E-state index in [-0.39, 0.29) is 12.5 Å². The number of hydrogen-bond acceptors (Lipinski definition) is 2. The summed E-state index contributed by atoms with van der Waals surface area (Å²) in [6.45, 7) is 0.888. The van der Waals surface area contributed by atoms with Gasteiger partial charge in [-0.3, -0.25) is 9.79 Å². The van der Waals surface area contributed by atoms with Gasteiger partial charge < -0.3 is 15.5 Å². The minimum Gasteiger partial charge on any atom is -0.356 e. The molecule has 0 atom stereocenters. The van der Waals surface area contributed by atoms with Crippen LogP contribution in [0.5, 0.6) is 0 Å². The van der Waals surface area contributed by atoms with Crippen LogP contribution in [0.3, 0.4) is 0 Å². The molecular weight excluding hydrogens is 405 g/mol. The van der Waals surface area contributed by atoms with Crippen LogP contribution in [0.4, 0.5) is 13.2 Å². The molecule has 5 nitrogen and oxygen atoms in total. The van der Waals surface area contributed by atoms with E-state index >= 15 is 0 Å². The Hall–Kier alpha value is -3.47. The number of aliphatic imine (C=N–C) groups is 1. The average Bonchev–Trinajstić information content (AvgIpc) is 2.74. The van der Waals surface area contributed by atoms with E-state index in [1.54, 1.807) is 27.2 Å². The fourth-order valence-electron chi connectivity index (χ4n) is 2.68. The predicted molar refractivity (Wildman–Crippen MR) is 116 cm³/mol. The van der Waals surface area contributed by atoms with Crippen molar-refractivity contribution >= 4 is 11.9 Å². The van der Waals surface area contributed by atoms with E-state index in [4.69, 9.17) is 0 Å². The first-order chi connectivity index (χ1) is 14.7. The van der Waals surface area contributed by atoms with E-state index in [9.17, 15) is 18.0 Å². The zero-order chi connectivity index (χ0) is 22.9. The molecule has 2 aromatic rings. The highest BCUT2D eigenvalue weighted by Crippen LogP contribution is 2.28. The van der Waals surface area contributed by atoms with Crippen LogP contribution in [0.15, 0.2) is 53.5 Å². The molecule has 164 valence electrons. The van der Waals surface area contributed by atoms with Crippen LogP contribution < -0.4 is 10.6 Å². The Labute approximate surface area is 180 Å². The van der Waals surface area contributed by atoms with Gasteiger partial charge in [-0.25, -0.2) is 0 Å². The van der Waals surface area contributed by atoms with Crippen molar-refractivity contribution in [1.82, 2.24) is 15.5 Å². The molecule has 0 bridgehead atoms. The summed E-state index contributed by atoms with van der Waals surface area (Å²) in [7, 11) is 5.06. The summed E-state index contributed by atoms with van der Waals surface area (Å²) in [5.74, 6) is 6.18. The molecule has 0 radical (unpaired) electrons. The molecule has 1 amide bonds. The number of alkyl halides is 3. The third kappa shape index (κ3) is 7.70. The van der Waals surface area contributed by atoms with Crippen LogP contribution in [-0.4, -0.2) is 51.0 Å². The lowest BCUT2D eigenvalue weighted by Gasteiger charge is -2.12. The van der Waals surface area contributed by atoms with Crippen LogP contribution in [-0.2, 0) is 12.6 Å². The number of guanidine groups is 1. The smallest absolute Gasteiger partial charge is 0.356 e. The van der Waals surface area contributed by atoms with Gasteiger partial charge in [-0.15, -0.1) is 0 Å². The molecule has 31 heavy (non-hydrogen) atoms. The van der Waals surface area contributed by atoms with Gasteiger partial charge in [0.1, 0.15) is 0 Å². The van der Waals surface area contributed by atoms with E-state index in [2.05, 4.69) is 27.5 Å². The SMILES string of the molecule is CN=C(NCC#Cc1ccc(C(F)(F)F)cc1)NCCc1cccc(C(=O)N(C)C)c1. The number of hydrogen-bond donors (Lipinski definition) is 2. The normalized spacial score (nSPS) is 11.4. The monoisotopic (exact) mass is 430 g/mol. The molecular formula is C23H25F3N4O. The molecule has 0 aliphatic rings. The summed E-state index contributed by atoms with van der Waals surface area (Å²) in [5.41, 5.74) is 1.48. The second-order valence-corrected chi connectivity index (χ2v) is 6.88. The second-order valence-electron chi connectivity index (χ2n) is 6.88. The van der Waals surface area contributed by atoms with Crippen molar-refractivity contribution in [2.75, 3.05) is 34.2 Å². The quantitative estimate of drug-likeness (QED) is 0.435. The number of nitrogens with zero attached hydrogens (tertiary/aromatic N) is 2. The molecule has 2 aromatic carbocycles. The number of halogens is 3. The molecule has 8 heteroatoms. The third-order valence-corrected chi connectivity index (χ3v) is 4.30. The molecule has 2 N–H and O–H groups in total. The number of nitrogens with one attached hydrogen (secondary N) is 2. The van der Waals surface area contributed by atoms with Crippen molar-refractivity contribution in [3.63, 3.8) is 0 Å². The van der Waals surface area contributed by atoms with Gasteiger partial charge in [-0.1, -0.05) is 24.0 Å². The maximum atomic E-state index is 12.6. The molecule has 0 fully saturated rings. The molecule has 0 aliphatic heterocycles. The molecule has 0 saturated heterocycles. The van der Waals surface area contributed by atoms with Gasteiger partial charge in [0, 0.05) is 38.8 Å². The van der Waals surface area contributed by atoms with Crippen molar-refractivity contribution in [3.05, 3.63) is 70.8 Å². The van der Waals surface area contributed by atoms with Crippen LogP contribution >= 0.6 is 0 Å². The number of carbonyl (C=O) groups is 1. The topological polar surface area (TPSA) is 56.7 Å². The van der Waals surface area contributed by atoms with Crippen molar-refractivity contribution in [2.45, 2.75) is 12.6 Å². The van der Waals surface area contributed by atoms with E-state index in [0.717, 1.165) is 17.7 Å². The summed E-state index contributed by atoms with van der Waals surface area (Å²) in [6, 6.07) is 12.2. The highest BCUT2D eigenvalue weighted by atomic mass is 19.4. The first-order valence-corrected chi connectivity index (χ1v) is 9.62. The van der Waals surface area contributed by atoms with Crippen molar-refractivity contribution in [2.24, 2.45) is 4.99 Å². The zero-order valence-electron chi connectivity index (χ0n) is 17.7. The van der Waals surface area contributed by atoms with Crippen molar-refractivity contribution in [3.8, 4) is 11.8 Å². The Kier molecular flexibility index (Phi) is 8.50. The van der Waals surface area contributed by atoms with Gasteiger partial charge in [0.2, 0.25) is 0 Å². The number of carbonyl (C=O) groups excluding carboxylic acids is 1. The Morgan fingerprint density at radius 3 is 2.42 bits per heavy atom. The summed E-state index contributed by atoms with van der Waals surface area (Å²) >= 11 is 0. The third-order valence-electron chi connectivity index (χ3n) is 4.30. The lowest BCUT2D eigenvalue weighted by molar-refractivity contribution is -0.137. The predicted octanol–water partition coefficient (Wildman–Crippen LogP) is 3.17. The molecule has 0 spiro atoms. The van der Waals surface area contributed by atoms with Gasteiger partial charge in [0.05, 0.1) is 12.1 Å². The highest BCUT2D eigenvalue weighted by molar-refractivity contribution is 5.94. The van der Waals surface area contributed by atoms with Crippen LogP contribution in [0, 0.1) is 11.8 Å². The van der Waals surface area contributed by atoms with Crippen LogP contribution in [0.1, 0.15) is 27.0 Å². The van der Waals surface area contributed by atoms with E-state index in [1.807, 2.05) is 18.2 Å². The standard InChI is InChI=1S/C23H25F3N4O/c1-27-22(28-14-5-7-17-9-11-20(12-10-17)23(24,25)26)29-15-13-18-6-4-8-19(16-18)21(31)30(2)3/h4,6,8-12,16H,13-15H2,1-3H3,(H2,27,28,29). The maximum Gasteiger partial charge on any atom is 0.416 e. The molecule has 0 aromatic heterocycles. The van der Waals surface area contributed by atoms with Crippen molar-refractivity contribution < 1.29 is 18.0 Å². The van der Waals surface area contributed by atoms with Gasteiger partial charge >= 0.3 is 6.18 Å². The lowest BCUT2D eigenvalue weighted by atomic mass is 10.1. The van der Waals surface area contributed by atoms with Crippen molar-refractivity contribution in [1.29, 1.82) is 0 Å². The Morgan fingerprint density at radius 2 is 1.81 bits per heavy atom. The first-order valence-electron chi connectivity index (χ1n) is 9.62. The van der Waals surface area contributed by atoms with E-state index in [1.165, 1.54) is 17.0 Å². The summed E-state index contributed by atoms with van der Waals surface area (Å²) < 4.78 is 37.7. The largest absolute Gasteiger partial charge is 0.416 e. The Balaban J connectivity index is 1.81. The first kappa shape index (κ1) is 23.8. The summed E-state index contributed by atoms with van der Waals surface area (Å²) in [6.07, 6.45) is -3.65. The fraction of sp³-hybridized carbons (Fsp3) is 0.304. The van der Waals surface area contributed by atoms with E-state index < -0.39 is 11.7 Å². The van der Waals surface area contributed by atoms with E-state index in [0.29, 0.717) is 30.1 Å². The van der Waals surface area contributed by atoms with Crippen LogP contribution in [0.2, 0.25) is 0 Å². The Morgan fingerprint density at radius 1 is 1.10 bits per heavy atom. The summed E-state index contributed by atoms with van der Waals surface area (Å²) in [5, 5.41) is 6.19. The number of amides is 1. The minimum absolute atomic E-state index is 0.0427. The second kappa shape index (κ2) is 11.1. The minimum atomic E-state index is -4.35. The van der Waals surface area contributed by atoms with Crippen LogP contribution in [0.25, 0.3) is 0 Å². The van der Waals surface area contributed by atoms with Gasteiger partial charge in [-0.05, 0) is 48.4 Å². The Bertz CT molecular complexity index is 971. The number of benzene rings is 2. The molecule has 0 unspecified atom stereocenters. The molecule has 0 heterocycles.